The van der Waals surface area contributed by atoms with Crippen LogP contribution >= 0.6 is 0 Å². The van der Waals surface area contributed by atoms with Crippen molar-refractivity contribution in [2.24, 2.45) is 0 Å². The van der Waals surface area contributed by atoms with E-state index >= 15 is 0 Å². The highest BCUT2D eigenvalue weighted by Gasteiger charge is 2.24. The van der Waals surface area contributed by atoms with Crippen LogP contribution in [0.1, 0.15) is 26.7 Å². The van der Waals surface area contributed by atoms with E-state index in [0.29, 0.717) is 0 Å². The molecule has 0 aromatic heterocycles. The highest BCUT2D eigenvalue weighted by molar-refractivity contribution is 7.86. The van der Waals surface area contributed by atoms with E-state index < -0.39 is 30.7 Å². The molecular weight excluding hydrogens is 272 g/mol. The Balaban J connectivity index is 4.32. The van der Waals surface area contributed by atoms with E-state index in [1.807, 2.05) is 0 Å². The highest BCUT2D eigenvalue weighted by atomic mass is 32.2. The molecule has 7 nitrogen and oxygen atoms in total. The van der Waals surface area contributed by atoms with E-state index in [1.54, 1.807) is 13.8 Å². The Bertz CT molecular complexity index is 371. The molecule has 0 spiro atoms. The topological polar surface area (TPSA) is 118 Å². The third-order valence-corrected chi connectivity index (χ3v) is 4.98. The molecule has 0 heterocycles. The van der Waals surface area contributed by atoms with Gasteiger partial charge in [0.25, 0.3) is 20.2 Å². The van der Waals surface area contributed by atoms with Crippen molar-refractivity contribution in [3.63, 3.8) is 0 Å². The number of rotatable bonds is 8. The first-order valence-electron chi connectivity index (χ1n) is 5.13. The van der Waals surface area contributed by atoms with Gasteiger partial charge in [0.1, 0.15) is 10.5 Å². The lowest BCUT2D eigenvalue weighted by molar-refractivity contribution is 0.128. The molecule has 0 aliphatic heterocycles. The summed E-state index contributed by atoms with van der Waals surface area (Å²) in [5.74, 6) is 0. The number of hydrogen-bond acceptors (Lipinski definition) is 5. The second-order valence-corrected chi connectivity index (χ2v) is 7.02. The van der Waals surface area contributed by atoms with Crippen LogP contribution in [0, 0.1) is 0 Å². The van der Waals surface area contributed by atoms with Gasteiger partial charge in [0.2, 0.25) is 0 Å². The molecule has 17 heavy (non-hydrogen) atoms. The average Bonchev–Trinajstić information content (AvgIpc) is 2.13. The summed E-state index contributed by atoms with van der Waals surface area (Å²) in [6, 6.07) is 0. The van der Waals surface area contributed by atoms with Crippen LogP contribution in [0.2, 0.25) is 0 Å². The van der Waals surface area contributed by atoms with Crippen LogP contribution in [-0.4, -0.2) is 49.7 Å². The van der Waals surface area contributed by atoms with E-state index in [2.05, 4.69) is 0 Å². The monoisotopic (exact) mass is 290 g/mol. The van der Waals surface area contributed by atoms with Gasteiger partial charge in [-0.2, -0.15) is 16.8 Å². The quantitative estimate of drug-likeness (QED) is 0.618. The summed E-state index contributed by atoms with van der Waals surface area (Å²) in [7, 11) is -8.38. The Labute approximate surface area is 102 Å². The standard InChI is InChI=1S/C8H18O7S2/c1-3-7(16(9,10)11)5-15-6-8(4-2)17(12,13)14/h7-8H,3-6H2,1-2H3,(H,9,10,11)(H,12,13,14). The molecule has 0 aliphatic rings. The summed E-state index contributed by atoms with van der Waals surface area (Å²) < 4.78 is 65.7. The Morgan fingerprint density at radius 2 is 1.18 bits per heavy atom. The Morgan fingerprint density at radius 1 is 0.882 bits per heavy atom. The van der Waals surface area contributed by atoms with E-state index in [1.165, 1.54) is 0 Å². The van der Waals surface area contributed by atoms with Gasteiger partial charge in [0.05, 0.1) is 13.2 Å². The maximum absolute atomic E-state index is 10.8. The summed E-state index contributed by atoms with van der Waals surface area (Å²) in [6.45, 7) is 2.51. The molecule has 2 unspecified atom stereocenters. The molecule has 0 saturated heterocycles. The molecule has 2 atom stereocenters. The van der Waals surface area contributed by atoms with Crippen molar-refractivity contribution in [1.82, 2.24) is 0 Å². The second-order valence-electron chi connectivity index (χ2n) is 3.63. The highest BCUT2D eigenvalue weighted by Crippen LogP contribution is 2.08. The lowest BCUT2D eigenvalue weighted by Gasteiger charge is -2.15. The molecule has 9 heteroatoms. The van der Waals surface area contributed by atoms with Crippen molar-refractivity contribution in [2.75, 3.05) is 13.2 Å². The predicted octanol–water partition coefficient (Wildman–Crippen LogP) is 0.336. The molecule has 0 aromatic carbocycles. The van der Waals surface area contributed by atoms with Crippen molar-refractivity contribution in [3.8, 4) is 0 Å². The largest absolute Gasteiger partial charge is 0.379 e. The van der Waals surface area contributed by atoms with Crippen LogP contribution < -0.4 is 0 Å². The molecule has 0 aliphatic carbocycles. The first kappa shape index (κ1) is 16.8. The smallest absolute Gasteiger partial charge is 0.270 e. The van der Waals surface area contributed by atoms with Crippen LogP contribution in [-0.2, 0) is 25.0 Å². The first-order chi connectivity index (χ1) is 7.62. The van der Waals surface area contributed by atoms with Crippen molar-refractivity contribution >= 4 is 20.2 Å². The van der Waals surface area contributed by atoms with Crippen LogP contribution in [0.25, 0.3) is 0 Å². The molecular formula is C8H18O7S2. The Kier molecular flexibility index (Phi) is 6.56. The normalized spacial score (nSPS) is 16.7. The SMILES string of the molecule is CCC(COCC(CC)S(=O)(=O)O)S(=O)(=O)O. The lowest BCUT2D eigenvalue weighted by Crippen LogP contribution is -2.30. The number of hydrogen-bond donors (Lipinski definition) is 2. The van der Waals surface area contributed by atoms with Crippen LogP contribution in [0.5, 0.6) is 0 Å². The zero-order valence-corrected chi connectivity index (χ0v) is 11.4. The third kappa shape index (κ3) is 6.32. The summed E-state index contributed by atoms with van der Waals surface area (Å²) in [6.07, 6.45) is 0.309. The minimum atomic E-state index is -4.19. The Hall–Kier alpha value is -0.220. The lowest BCUT2D eigenvalue weighted by atomic mass is 10.3. The van der Waals surface area contributed by atoms with E-state index in [0.717, 1.165) is 0 Å². The van der Waals surface area contributed by atoms with Gasteiger partial charge in [-0.25, -0.2) is 0 Å². The van der Waals surface area contributed by atoms with Crippen LogP contribution in [0.15, 0.2) is 0 Å². The maximum Gasteiger partial charge on any atom is 0.270 e. The Morgan fingerprint density at radius 3 is 1.35 bits per heavy atom. The summed E-state index contributed by atoms with van der Waals surface area (Å²) in [5, 5.41) is -2.16. The molecule has 0 fully saturated rings. The van der Waals surface area contributed by atoms with Gasteiger partial charge in [0.15, 0.2) is 0 Å². The van der Waals surface area contributed by atoms with E-state index in [-0.39, 0.29) is 26.1 Å². The van der Waals surface area contributed by atoms with Gasteiger partial charge in [-0.3, -0.25) is 9.11 Å². The van der Waals surface area contributed by atoms with Crippen LogP contribution in [0.3, 0.4) is 0 Å². The minimum Gasteiger partial charge on any atom is -0.379 e. The van der Waals surface area contributed by atoms with Gasteiger partial charge < -0.3 is 4.74 Å². The number of ether oxygens (including phenoxy) is 1. The zero-order chi connectivity index (χ0) is 13.7. The first-order valence-corrected chi connectivity index (χ1v) is 8.13. The van der Waals surface area contributed by atoms with Crippen molar-refractivity contribution in [3.05, 3.63) is 0 Å². The zero-order valence-electron chi connectivity index (χ0n) is 9.74. The molecule has 0 radical (unpaired) electrons. The maximum atomic E-state index is 10.8. The fraction of sp³-hybridized carbons (Fsp3) is 1.00. The van der Waals surface area contributed by atoms with Gasteiger partial charge >= 0.3 is 0 Å². The average molecular weight is 290 g/mol. The van der Waals surface area contributed by atoms with Crippen molar-refractivity contribution < 1.29 is 30.7 Å². The molecule has 104 valence electrons. The van der Waals surface area contributed by atoms with E-state index in [4.69, 9.17) is 13.8 Å². The molecule has 0 amide bonds. The fourth-order valence-corrected chi connectivity index (χ4v) is 2.54. The third-order valence-electron chi connectivity index (χ3n) is 2.36. The van der Waals surface area contributed by atoms with E-state index in [9.17, 15) is 16.8 Å². The molecule has 0 bridgehead atoms. The van der Waals surface area contributed by atoms with Gasteiger partial charge in [-0.1, -0.05) is 13.8 Å². The predicted molar refractivity (Wildman–Crippen MR) is 62.1 cm³/mol. The fourth-order valence-electron chi connectivity index (χ4n) is 1.16. The molecule has 0 aromatic rings. The summed E-state index contributed by atoms with van der Waals surface area (Å²) in [5.41, 5.74) is 0. The van der Waals surface area contributed by atoms with Gasteiger partial charge in [-0.05, 0) is 12.8 Å². The van der Waals surface area contributed by atoms with Gasteiger partial charge in [-0.15, -0.1) is 0 Å². The molecule has 0 saturated carbocycles. The van der Waals surface area contributed by atoms with Crippen molar-refractivity contribution in [1.29, 1.82) is 0 Å². The van der Waals surface area contributed by atoms with Gasteiger partial charge in [0, 0.05) is 0 Å². The molecule has 2 N–H and O–H groups in total. The molecule has 0 rings (SSSR count). The van der Waals surface area contributed by atoms with Crippen molar-refractivity contribution in [2.45, 2.75) is 37.2 Å². The summed E-state index contributed by atoms with van der Waals surface area (Å²) >= 11 is 0. The minimum absolute atomic E-state index is 0.154. The second kappa shape index (κ2) is 6.64. The van der Waals surface area contributed by atoms with Crippen LogP contribution in [0.4, 0.5) is 0 Å². The summed E-state index contributed by atoms with van der Waals surface area (Å²) in [4.78, 5) is 0.